The molecule has 0 aliphatic heterocycles. The van der Waals surface area contributed by atoms with Crippen molar-refractivity contribution in [3.8, 4) is 34.5 Å². The van der Waals surface area contributed by atoms with E-state index in [1.54, 1.807) is 0 Å². The van der Waals surface area contributed by atoms with E-state index in [4.69, 9.17) is 0 Å². The van der Waals surface area contributed by atoms with Gasteiger partial charge in [0.2, 0.25) is 0 Å². The zero-order valence-electron chi connectivity index (χ0n) is 12.5. The summed E-state index contributed by atoms with van der Waals surface area (Å²) in [5.74, 6) is -1.75. The molecule has 0 atom stereocenters. The summed E-state index contributed by atoms with van der Waals surface area (Å²) in [6.07, 6.45) is 2.49. The number of hydrogen-bond donors (Lipinski definition) is 6. The molecule has 0 saturated carbocycles. The van der Waals surface area contributed by atoms with Crippen LogP contribution >= 0.6 is 0 Å². The lowest BCUT2D eigenvalue weighted by atomic mass is 10.2. The van der Waals surface area contributed by atoms with Crippen LogP contribution in [0, 0.1) is 0 Å². The quantitative estimate of drug-likeness (QED) is 0.361. The maximum atomic E-state index is 9.59. The molecular formula is C16H16N2O6. The minimum atomic E-state index is -0.307. The Bertz CT molecular complexity index is 688. The van der Waals surface area contributed by atoms with Crippen molar-refractivity contribution in [2.24, 2.45) is 9.98 Å². The lowest BCUT2D eigenvalue weighted by Crippen LogP contribution is -1.92. The van der Waals surface area contributed by atoms with E-state index in [-0.39, 0.29) is 58.7 Å². The van der Waals surface area contributed by atoms with E-state index in [2.05, 4.69) is 9.98 Å². The summed E-state index contributed by atoms with van der Waals surface area (Å²) in [5, 5.41) is 56.7. The van der Waals surface area contributed by atoms with Gasteiger partial charge >= 0.3 is 0 Å². The molecule has 2 rings (SSSR count). The Labute approximate surface area is 137 Å². The highest BCUT2D eigenvalue weighted by Gasteiger charge is 2.08. The van der Waals surface area contributed by atoms with Gasteiger partial charge in [0.05, 0.1) is 24.2 Å². The van der Waals surface area contributed by atoms with E-state index < -0.39 is 0 Å². The van der Waals surface area contributed by atoms with E-state index in [0.717, 1.165) is 24.3 Å². The summed E-state index contributed by atoms with van der Waals surface area (Å²) < 4.78 is 0. The minimum absolute atomic E-state index is 0.0746. The third kappa shape index (κ3) is 4.07. The van der Waals surface area contributed by atoms with E-state index in [1.165, 1.54) is 12.4 Å². The maximum Gasteiger partial charge on any atom is 0.131 e. The summed E-state index contributed by atoms with van der Waals surface area (Å²) in [6.45, 7) is 0.436. The van der Waals surface area contributed by atoms with Crippen LogP contribution in [0.2, 0.25) is 0 Å². The molecule has 24 heavy (non-hydrogen) atoms. The Kier molecular flexibility index (Phi) is 5.10. The lowest BCUT2D eigenvalue weighted by molar-refractivity contribution is 0.425. The van der Waals surface area contributed by atoms with E-state index in [0.29, 0.717) is 0 Å². The number of benzene rings is 2. The highest BCUT2D eigenvalue weighted by molar-refractivity contribution is 5.88. The van der Waals surface area contributed by atoms with Crippen molar-refractivity contribution >= 4 is 12.4 Å². The second-order valence-electron chi connectivity index (χ2n) is 4.87. The lowest BCUT2D eigenvalue weighted by Gasteiger charge is -2.03. The summed E-state index contributed by atoms with van der Waals surface area (Å²) in [6, 6.07) is 4.32. The molecule has 0 aliphatic rings. The first-order valence-electron chi connectivity index (χ1n) is 6.88. The van der Waals surface area contributed by atoms with Crippen LogP contribution in [0.5, 0.6) is 34.5 Å². The van der Waals surface area contributed by atoms with Gasteiger partial charge in [0.25, 0.3) is 0 Å². The average Bonchev–Trinajstić information content (AvgIpc) is 2.46. The van der Waals surface area contributed by atoms with Gasteiger partial charge in [0, 0.05) is 36.7 Å². The first-order chi connectivity index (χ1) is 11.4. The molecule has 6 N–H and O–H groups in total. The van der Waals surface area contributed by atoms with Gasteiger partial charge in [-0.05, 0) is 0 Å². The molecule has 2 aromatic carbocycles. The van der Waals surface area contributed by atoms with E-state index in [1.807, 2.05) is 0 Å². The highest BCUT2D eigenvalue weighted by atomic mass is 16.3. The van der Waals surface area contributed by atoms with Gasteiger partial charge in [-0.3, -0.25) is 9.98 Å². The Hall–Kier alpha value is -3.42. The first kappa shape index (κ1) is 16.9. The smallest absolute Gasteiger partial charge is 0.131 e. The molecule has 0 saturated heterocycles. The third-order valence-corrected chi connectivity index (χ3v) is 3.04. The maximum absolute atomic E-state index is 9.59. The van der Waals surface area contributed by atoms with Crippen molar-refractivity contribution in [1.29, 1.82) is 0 Å². The molecule has 0 aliphatic carbocycles. The molecule has 8 nitrogen and oxygen atoms in total. The Morgan fingerprint density at radius 3 is 1.17 bits per heavy atom. The van der Waals surface area contributed by atoms with Gasteiger partial charge < -0.3 is 30.6 Å². The predicted octanol–water partition coefficient (Wildman–Crippen LogP) is 1.46. The molecule has 0 aromatic heterocycles. The van der Waals surface area contributed by atoms with Gasteiger partial charge in [-0.1, -0.05) is 0 Å². The number of hydrogen-bond acceptors (Lipinski definition) is 8. The van der Waals surface area contributed by atoms with E-state index >= 15 is 0 Å². The van der Waals surface area contributed by atoms with Crippen LogP contribution in [0.25, 0.3) is 0 Å². The van der Waals surface area contributed by atoms with Crippen molar-refractivity contribution in [3.63, 3.8) is 0 Å². The van der Waals surface area contributed by atoms with Crippen LogP contribution in [0.3, 0.4) is 0 Å². The molecular weight excluding hydrogens is 316 g/mol. The number of phenolic OH excluding ortho intramolecular Hbond substituents is 6. The number of phenols is 6. The second kappa shape index (κ2) is 7.23. The van der Waals surface area contributed by atoms with Crippen molar-refractivity contribution in [1.82, 2.24) is 0 Å². The second-order valence-corrected chi connectivity index (χ2v) is 4.87. The molecule has 126 valence electrons. The first-order valence-corrected chi connectivity index (χ1v) is 6.88. The third-order valence-electron chi connectivity index (χ3n) is 3.04. The molecule has 8 heteroatoms. The average molecular weight is 332 g/mol. The summed E-state index contributed by atoms with van der Waals surface area (Å²) in [5.41, 5.74) is 0.149. The van der Waals surface area contributed by atoms with Crippen LogP contribution in [0.15, 0.2) is 34.3 Å². The standard InChI is InChI=1S/C16H16N2O6/c19-9-3-13(21)11(14(22)4-9)7-17-1-2-18-8-12-15(23)5-10(20)6-16(12)24/h3-8,19-24H,1-2H2. The predicted molar refractivity (Wildman–Crippen MR) is 87.8 cm³/mol. The van der Waals surface area contributed by atoms with Crippen LogP contribution in [-0.2, 0) is 0 Å². The number of aromatic hydroxyl groups is 6. The van der Waals surface area contributed by atoms with Crippen molar-refractivity contribution in [2.45, 2.75) is 0 Å². The van der Waals surface area contributed by atoms with Crippen molar-refractivity contribution < 1.29 is 30.6 Å². The van der Waals surface area contributed by atoms with Gasteiger partial charge in [0.1, 0.15) is 34.5 Å². The Morgan fingerprint density at radius 2 is 0.875 bits per heavy atom. The molecule has 0 unspecified atom stereocenters. The zero-order valence-corrected chi connectivity index (χ0v) is 12.5. The Balaban J connectivity index is 1.96. The summed E-state index contributed by atoms with van der Waals surface area (Å²) in [4.78, 5) is 7.96. The molecule has 0 radical (unpaired) electrons. The minimum Gasteiger partial charge on any atom is -0.508 e. The number of aliphatic imine (C=N–C) groups is 2. The Morgan fingerprint density at radius 1 is 0.583 bits per heavy atom. The topological polar surface area (TPSA) is 146 Å². The fraction of sp³-hybridized carbons (Fsp3) is 0.125. The fourth-order valence-corrected chi connectivity index (χ4v) is 1.91. The normalized spacial score (nSPS) is 11.5. The zero-order chi connectivity index (χ0) is 17.7. The van der Waals surface area contributed by atoms with E-state index in [9.17, 15) is 30.6 Å². The van der Waals surface area contributed by atoms with Gasteiger partial charge in [-0.15, -0.1) is 0 Å². The summed E-state index contributed by atoms with van der Waals surface area (Å²) >= 11 is 0. The molecule has 0 spiro atoms. The fourth-order valence-electron chi connectivity index (χ4n) is 1.91. The SMILES string of the molecule is Oc1cc(O)c(C=NCCN=Cc2c(O)cc(O)cc2O)c(O)c1. The molecule has 0 heterocycles. The monoisotopic (exact) mass is 332 g/mol. The van der Waals surface area contributed by atoms with Gasteiger partial charge in [-0.2, -0.15) is 0 Å². The molecule has 2 aromatic rings. The van der Waals surface area contributed by atoms with Crippen LogP contribution < -0.4 is 0 Å². The van der Waals surface area contributed by atoms with Gasteiger partial charge in [-0.25, -0.2) is 0 Å². The van der Waals surface area contributed by atoms with Gasteiger partial charge in [0.15, 0.2) is 0 Å². The van der Waals surface area contributed by atoms with Crippen molar-refractivity contribution in [3.05, 3.63) is 35.4 Å². The summed E-state index contributed by atoms with van der Waals surface area (Å²) in [7, 11) is 0. The van der Waals surface area contributed by atoms with Crippen molar-refractivity contribution in [2.75, 3.05) is 13.1 Å². The molecule has 0 fully saturated rings. The highest BCUT2D eigenvalue weighted by Crippen LogP contribution is 2.31. The van der Waals surface area contributed by atoms with Crippen LogP contribution in [0.4, 0.5) is 0 Å². The van der Waals surface area contributed by atoms with Crippen LogP contribution in [0.1, 0.15) is 11.1 Å². The largest absolute Gasteiger partial charge is 0.508 e. The molecule has 0 amide bonds. The van der Waals surface area contributed by atoms with Crippen LogP contribution in [-0.4, -0.2) is 56.2 Å². The number of nitrogens with zero attached hydrogens (tertiary/aromatic N) is 2. The number of rotatable bonds is 5. The molecule has 0 bridgehead atoms.